The maximum atomic E-state index is 10.5. The van der Waals surface area contributed by atoms with Crippen LogP contribution in [0.2, 0.25) is 0 Å². The summed E-state index contributed by atoms with van der Waals surface area (Å²) in [6, 6.07) is 6.36. The maximum absolute atomic E-state index is 10.5. The highest BCUT2D eigenvalue weighted by molar-refractivity contribution is 5.32. The number of likely N-dealkylation sites (N-methyl/N-ethyl adjacent to an activating group) is 1. The minimum absolute atomic E-state index is 0.112. The zero-order valence-electron chi connectivity index (χ0n) is 12.9. The molecule has 1 aromatic carbocycles. The Morgan fingerprint density at radius 1 is 1.26 bits per heavy atom. The lowest BCUT2D eigenvalue weighted by Gasteiger charge is -2.25. The predicted molar refractivity (Wildman–Crippen MR) is 81.5 cm³/mol. The molecule has 0 heterocycles. The number of hydrogen-bond donors (Lipinski definition) is 2. The van der Waals surface area contributed by atoms with Crippen molar-refractivity contribution in [2.45, 2.75) is 39.3 Å². The number of benzene rings is 1. The smallest absolute Gasteiger partial charge is 0.0945 e. The van der Waals surface area contributed by atoms with Crippen molar-refractivity contribution in [2.24, 2.45) is 0 Å². The number of nitrogens with zero attached hydrogens (tertiary/aromatic N) is 1. The van der Waals surface area contributed by atoms with Gasteiger partial charge in [-0.25, -0.2) is 0 Å². The number of hydrogen-bond acceptors (Lipinski definition) is 3. The van der Waals surface area contributed by atoms with E-state index in [2.05, 4.69) is 57.2 Å². The minimum Gasteiger partial charge on any atom is -0.387 e. The molecule has 19 heavy (non-hydrogen) atoms. The fourth-order valence-corrected chi connectivity index (χ4v) is 2.33. The number of rotatable bonds is 7. The van der Waals surface area contributed by atoms with Gasteiger partial charge in [-0.15, -0.1) is 0 Å². The molecule has 0 saturated carbocycles. The Bertz CT molecular complexity index is 390. The van der Waals surface area contributed by atoms with Crippen LogP contribution in [0, 0.1) is 13.8 Å². The molecule has 0 saturated heterocycles. The second kappa shape index (κ2) is 7.63. The number of aliphatic hydroxyl groups excluding tert-OH is 1. The fraction of sp³-hybridized carbons (Fsp3) is 0.625. The lowest BCUT2D eigenvalue weighted by molar-refractivity contribution is 0.124. The van der Waals surface area contributed by atoms with Crippen LogP contribution in [0.5, 0.6) is 0 Å². The van der Waals surface area contributed by atoms with Gasteiger partial charge in [0, 0.05) is 19.1 Å². The van der Waals surface area contributed by atoms with Crippen molar-refractivity contribution >= 4 is 0 Å². The molecule has 0 bridgehead atoms. The van der Waals surface area contributed by atoms with E-state index in [4.69, 9.17) is 0 Å². The van der Waals surface area contributed by atoms with Gasteiger partial charge in [-0.1, -0.05) is 30.7 Å². The highest BCUT2D eigenvalue weighted by atomic mass is 16.3. The van der Waals surface area contributed by atoms with Crippen molar-refractivity contribution in [3.63, 3.8) is 0 Å². The quantitative estimate of drug-likeness (QED) is 0.793. The lowest BCUT2D eigenvalue weighted by Crippen LogP contribution is -2.38. The highest BCUT2D eigenvalue weighted by Gasteiger charge is 2.20. The lowest BCUT2D eigenvalue weighted by atomic mass is 9.95. The Balaban J connectivity index is 2.69. The molecule has 0 amide bonds. The molecule has 1 aromatic rings. The van der Waals surface area contributed by atoms with Gasteiger partial charge in [-0.3, -0.25) is 0 Å². The van der Waals surface area contributed by atoms with Crippen LogP contribution in [0.3, 0.4) is 0 Å². The monoisotopic (exact) mass is 264 g/mol. The van der Waals surface area contributed by atoms with Gasteiger partial charge in [0.1, 0.15) is 0 Å². The summed E-state index contributed by atoms with van der Waals surface area (Å²) < 4.78 is 0. The van der Waals surface area contributed by atoms with E-state index >= 15 is 0 Å². The predicted octanol–water partition coefficient (Wildman–Crippen LogP) is 2.27. The second-order valence-corrected chi connectivity index (χ2v) is 5.58. The van der Waals surface area contributed by atoms with Crippen LogP contribution < -0.4 is 5.32 Å². The first-order valence-electron chi connectivity index (χ1n) is 7.09. The third-order valence-electron chi connectivity index (χ3n) is 3.53. The number of nitrogens with one attached hydrogen (secondary N) is 1. The molecular weight excluding hydrogens is 236 g/mol. The minimum atomic E-state index is -0.437. The van der Waals surface area contributed by atoms with Gasteiger partial charge in [-0.2, -0.15) is 0 Å². The van der Waals surface area contributed by atoms with E-state index in [0.29, 0.717) is 0 Å². The molecule has 0 fully saturated rings. The summed E-state index contributed by atoms with van der Waals surface area (Å²) in [5.41, 5.74) is 3.44. The molecule has 0 aliphatic carbocycles. The molecule has 2 unspecified atom stereocenters. The van der Waals surface area contributed by atoms with Crippen LogP contribution in [-0.4, -0.2) is 43.2 Å². The summed E-state index contributed by atoms with van der Waals surface area (Å²) >= 11 is 0. The van der Waals surface area contributed by atoms with E-state index in [-0.39, 0.29) is 6.04 Å². The third kappa shape index (κ3) is 4.94. The van der Waals surface area contributed by atoms with Crippen LogP contribution in [0.4, 0.5) is 0 Å². The first-order valence-corrected chi connectivity index (χ1v) is 7.09. The molecule has 0 aromatic heterocycles. The number of aryl methyl sites for hydroxylation is 2. The van der Waals surface area contributed by atoms with Crippen LogP contribution in [-0.2, 0) is 0 Å². The summed E-state index contributed by atoms with van der Waals surface area (Å²) in [6.45, 7) is 8.14. The molecule has 0 aliphatic heterocycles. The Morgan fingerprint density at radius 3 is 2.47 bits per heavy atom. The van der Waals surface area contributed by atoms with Crippen molar-refractivity contribution < 1.29 is 5.11 Å². The van der Waals surface area contributed by atoms with Crippen molar-refractivity contribution in [1.82, 2.24) is 10.2 Å². The standard InChI is InChI=1S/C16H28N2O/c1-6-15(17-9-10-18(4)5)16(19)14-8-7-12(2)11-13(14)3/h7-8,11,15-17,19H,6,9-10H2,1-5H3. The van der Waals surface area contributed by atoms with Gasteiger partial charge in [0.25, 0.3) is 0 Å². The summed E-state index contributed by atoms with van der Waals surface area (Å²) in [7, 11) is 4.12. The van der Waals surface area contributed by atoms with E-state index in [9.17, 15) is 5.11 Å². The largest absolute Gasteiger partial charge is 0.387 e. The molecule has 0 spiro atoms. The molecule has 2 atom stereocenters. The Morgan fingerprint density at radius 2 is 1.95 bits per heavy atom. The van der Waals surface area contributed by atoms with Gasteiger partial charge >= 0.3 is 0 Å². The summed E-state index contributed by atoms with van der Waals surface area (Å²) in [6.07, 6.45) is 0.481. The highest BCUT2D eigenvalue weighted by Crippen LogP contribution is 2.23. The molecule has 3 heteroatoms. The fourth-order valence-electron chi connectivity index (χ4n) is 2.33. The van der Waals surface area contributed by atoms with Crippen molar-refractivity contribution in [3.05, 3.63) is 34.9 Å². The van der Waals surface area contributed by atoms with E-state index < -0.39 is 6.10 Å². The number of aliphatic hydroxyl groups is 1. The van der Waals surface area contributed by atoms with E-state index in [1.165, 1.54) is 11.1 Å². The molecule has 1 rings (SSSR count). The normalized spacial score (nSPS) is 14.7. The summed E-state index contributed by atoms with van der Waals surface area (Å²) in [4.78, 5) is 2.14. The zero-order chi connectivity index (χ0) is 14.4. The van der Waals surface area contributed by atoms with Gasteiger partial charge < -0.3 is 15.3 Å². The van der Waals surface area contributed by atoms with Crippen LogP contribution in [0.1, 0.15) is 36.1 Å². The van der Waals surface area contributed by atoms with Gasteiger partial charge in [0.05, 0.1) is 6.10 Å². The SMILES string of the molecule is CCC(NCCN(C)C)C(O)c1ccc(C)cc1C. The third-order valence-corrected chi connectivity index (χ3v) is 3.53. The van der Waals surface area contributed by atoms with E-state index in [1.807, 2.05) is 6.07 Å². The van der Waals surface area contributed by atoms with Crippen molar-refractivity contribution in [2.75, 3.05) is 27.2 Å². The molecule has 0 aliphatic rings. The molecular formula is C16H28N2O. The summed E-state index contributed by atoms with van der Waals surface area (Å²) in [5.74, 6) is 0. The van der Waals surface area contributed by atoms with Crippen LogP contribution in [0.25, 0.3) is 0 Å². The second-order valence-electron chi connectivity index (χ2n) is 5.58. The average Bonchev–Trinajstić information content (AvgIpc) is 2.33. The van der Waals surface area contributed by atoms with Gasteiger partial charge in [-0.05, 0) is 45.5 Å². The van der Waals surface area contributed by atoms with Crippen molar-refractivity contribution in [1.29, 1.82) is 0 Å². The Hall–Kier alpha value is -0.900. The Kier molecular flexibility index (Phi) is 6.49. The van der Waals surface area contributed by atoms with Crippen LogP contribution >= 0.6 is 0 Å². The average molecular weight is 264 g/mol. The first kappa shape index (κ1) is 16.2. The molecule has 108 valence electrons. The summed E-state index contributed by atoms with van der Waals surface area (Å²) in [5, 5.41) is 14.0. The molecule has 3 nitrogen and oxygen atoms in total. The molecule has 2 N–H and O–H groups in total. The van der Waals surface area contributed by atoms with Gasteiger partial charge in [0.2, 0.25) is 0 Å². The van der Waals surface area contributed by atoms with E-state index in [0.717, 1.165) is 25.1 Å². The Labute approximate surface area is 117 Å². The van der Waals surface area contributed by atoms with E-state index in [1.54, 1.807) is 0 Å². The van der Waals surface area contributed by atoms with Crippen molar-refractivity contribution in [3.8, 4) is 0 Å². The van der Waals surface area contributed by atoms with Gasteiger partial charge in [0.15, 0.2) is 0 Å². The van der Waals surface area contributed by atoms with Crippen LogP contribution in [0.15, 0.2) is 18.2 Å². The topological polar surface area (TPSA) is 35.5 Å². The molecule has 0 radical (unpaired) electrons. The first-order chi connectivity index (χ1) is 8.95. The maximum Gasteiger partial charge on any atom is 0.0945 e. The zero-order valence-corrected chi connectivity index (χ0v) is 12.9.